The van der Waals surface area contributed by atoms with E-state index in [9.17, 15) is 8.42 Å². The highest BCUT2D eigenvalue weighted by Crippen LogP contribution is 2.33. The largest absolute Gasteiger partial charge is 0.389 e. The van der Waals surface area contributed by atoms with Crippen LogP contribution in [0.5, 0.6) is 0 Å². The molecule has 9 heteroatoms. The Labute approximate surface area is 113 Å². The van der Waals surface area contributed by atoms with Crippen molar-refractivity contribution >= 4 is 26.4 Å². The zero-order chi connectivity index (χ0) is 13.6. The Balaban J connectivity index is 1.93. The highest BCUT2D eigenvalue weighted by atomic mass is 32.2. The van der Waals surface area contributed by atoms with Crippen molar-refractivity contribution in [2.24, 2.45) is 0 Å². The topological polar surface area (TPSA) is 112 Å². The fraction of sp³-hybridized carbons (Fsp3) is 0.500. The summed E-state index contributed by atoms with van der Waals surface area (Å²) in [6, 6.07) is 0. The fourth-order valence-electron chi connectivity index (χ4n) is 2.15. The molecule has 1 saturated heterocycles. The van der Waals surface area contributed by atoms with Crippen molar-refractivity contribution in [3.8, 4) is 11.5 Å². The van der Waals surface area contributed by atoms with Crippen molar-refractivity contribution in [3.63, 3.8) is 0 Å². The third kappa shape index (κ3) is 2.23. The van der Waals surface area contributed by atoms with Gasteiger partial charge in [-0.15, -0.1) is 0 Å². The Morgan fingerprint density at radius 2 is 2.26 bits per heavy atom. The first-order chi connectivity index (χ1) is 8.96. The monoisotopic (exact) mass is 300 g/mol. The van der Waals surface area contributed by atoms with Crippen molar-refractivity contribution in [2.75, 3.05) is 17.2 Å². The van der Waals surface area contributed by atoms with E-state index in [1.54, 1.807) is 0 Å². The van der Waals surface area contributed by atoms with Crippen molar-refractivity contribution in [1.29, 1.82) is 0 Å². The van der Waals surface area contributed by atoms with Crippen LogP contribution >= 0.6 is 11.5 Å². The molecule has 0 amide bonds. The van der Waals surface area contributed by atoms with Crippen LogP contribution in [-0.2, 0) is 9.84 Å². The average Bonchev–Trinajstić information content (AvgIpc) is 2.99. The van der Waals surface area contributed by atoms with E-state index in [0.717, 1.165) is 5.69 Å². The lowest BCUT2D eigenvalue weighted by Gasteiger charge is -1.98. The first kappa shape index (κ1) is 12.5. The van der Waals surface area contributed by atoms with Crippen molar-refractivity contribution < 1.29 is 12.9 Å². The normalized spacial score (nSPS) is 21.8. The smallest absolute Gasteiger partial charge is 0.262 e. The average molecular weight is 300 g/mol. The number of nitrogens with two attached hydrogens (primary N) is 1. The summed E-state index contributed by atoms with van der Waals surface area (Å²) < 4.78 is 32.2. The molecule has 1 aliphatic rings. The molecule has 0 aliphatic carbocycles. The van der Waals surface area contributed by atoms with Gasteiger partial charge in [-0.2, -0.15) is 9.36 Å². The van der Waals surface area contributed by atoms with Gasteiger partial charge in [0.2, 0.25) is 0 Å². The molecule has 19 heavy (non-hydrogen) atoms. The molecule has 0 radical (unpaired) electrons. The van der Waals surface area contributed by atoms with Gasteiger partial charge in [-0.25, -0.2) is 8.42 Å². The van der Waals surface area contributed by atoms with Gasteiger partial charge in [0.15, 0.2) is 15.7 Å². The summed E-state index contributed by atoms with van der Waals surface area (Å²) >= 11 is 1.17. The summed E-state index contributed by atoms with van der Waals surface area (Å²) in [6.07, 6.45) is 0.539. The van der Waals surface area contributed by atoms with Gasteiger partial charge in [-0.3, -0.25) is 0 Å². The van der Waals surface area contributed by atoms with Crippen LogP contribution in [0, 0.1) is 6.92 Å². The van der Waals surface area contributed by atoms with E-state index in [1.165, 1.54) is 11.5 Å². The molecule has 2 N–H and O–H groups in total. The Kier molecular flexibility index (Phi) is 2.82. The van der Waals surface area contributed by atoms with Crippen LogP contribution in [0.4, 0.5) is 5.00 Å². The third-order valence-corrected chi connectivity index (χ3v) is 5.68. The van der Waals surface area contributed by atoms with Crippen LogP contribution < -0.4 is 5.73 Å². The van der Waals surface area contributed by atoms with Crippen molar-refractivity contribution in [1.82, 2.24) is 14.5 Å². The van der Waals surface area contributed by atoms with E-state index >= 15 is 0 Å². The summed E-state index contributed by atoms with van der Waals surface area (Å²) in [5, 5.41) is 4.39. The minimum atomic E-state index is -2.96. The van der Waals surface area contributed by atoms with Gasteiger partial charge >= 0.3 is 0 Å². The Morgan fingerprint density at radius 3 is 2.84 bits per heavy atom. The second-order valence-corrected chi connectivity index (χ2v) is 7.60. The second-order valence-electron chi connectivity index (χ2n) is 4.56. The Hall–Kier alpha value is -1.48. The number of aromatic nitrogens is 3. The van der Waals surface area contributed by atoms with Gasteiger partial charge in [0, 0.05) is 5.92 Å². The maximum atomic E-state index is 11.4. The first-order valence-corrected chi connectivity index (χ1v) is 8.32. The molecule has 0 bridgehead atoms. The van der Waals surface area contributed by atoms with Gasteiger partial charge in [-0.05, 0) is 24.9 Å². The number of sulfone groups is 1. The molecule has 2 aromatic rings. The third-order valence-electron chi connectivity index (χ3n) is 3.14. The quantitative estimate of drug-likeness (QED) is 0.879. The summed E-state index contributed by atoms with van der Waals surface area (Å²) in [5.41, 5.74) is 7.19. The zero-order valence-corrected chi connectivity index (χ0v) is 11.8. The van der Waals surface area contributed by atoms with Gasteiger partial charge in [0.1, 0.15) is 5.00 Å². The number of rotatable bonds is 2. The minimum Gasteiger partial charge on any atom is -0.389 e. The summed E-state index contributed by atoms with van der Waals surface area (Å²) in [5.74, 6) is 0.824. The molecule has 1 atom stereocenters. The predicted octanol–water partition coefficient (Wildman–Crippen LogP) is 0.986. The molecule has 0 aromatic carbocycles. The van der Waals surface area contributed by atoms with Crippen molar-refractivity contribution in [2.45, 2.75) is 19.3 Å². The van der Waals surface area contributed by atoms with E-state index < -0.39 is 9.84 Å². The summed E-state index contributed by atoms with van der Waals surface area (Å²) in [7, 11) is -2.96. The number of aryl methyl sites for hydroxylation is 1. The maximum absolute atomic E-state index is 11.4. The molecule has 0 spiro atoms. The van der Waals surface area contributed by atoms with E-state index in [4.69, 9.17) is 10.3 Å². The highest BCUT2D eigenvalue weighted by Gasteiger charge is 2.32. The van der Waals surface area contributed by atoms with E-state index in [1.807, 2.05) is 6.92 Å². The van der Waals surface area contributed by atoms with Crippen molar-refractivity contribution in [3.05, 3.63) is 11.5 Å². The van der Waals surface area contributed by atoms with Crippen LogP contribution in [0.2, 0.25) is 0 Å². The summed E-state index contributed by atoms with van der Waals surface area (Å²) in [4.78, 5) is 4.27. The molecular weight excluding hydrogens is 288 g/mol. The van der Waals surface area contributed by atoms with Crippen LogP contribution in [0.3, 0.4) is 0 Å². The second kappa shape index (κ2) is 4.27. The molecule has 0 saturated carbocycles. The number of nitrogens with zero attached hydrogens (tertiary/aromatic N) is 3. The van der Waals surface area contributed by atoms with Gasteiger partial charge in [0.25, 0.3) is 5.89 Å². The van der Waals surface area contributed by atoms with Gasteiger partial charge < -0.3 is 10.3 Å². The molecule has 7 nitrogen and oxygen atoms in total. The molecule has 1 fully saturated rings. The zero-order valence-electron chi connectivity index (χ0n) is 10.2. The molecule has 2 aromatic heterocycles. The van der Waals surface area contributed by atoms with Crippen LogP contribution in [0.1, 0.15) is 23.9 Å². The fourth-order valence-corrected chi connectivity index (χ4v) is 4.54. The molecule has 1 unspecified atom stereocenters. The Morgan fingerprint density at radius 1 is 1.47 bits per heavy atom. The SMILES string of the molecule is Cc1nsc(N)c1-c1nc(C2CCS(=O)(=O)C2)no1. The van der Waals surface area contributed by atoms with E-state index in [0.29, 0.717) is 28.7 Å². The number of hydrogen-bond acceptors (Lipinski definition) is 8. The standard InChI is InChI=1S/C10H12N4O3S2/c1-5-7(8(11)18-14-5)10-12-9(13-17-10)6-2-3-19(15,16)4-6/h6H,2-4,11H2,1H3. The molecule has 3 heterocycles. The minimum absolute atomic E-state index is 0.0856. The van der Waals surface area contributed by atoms with Gasteiger partial charge in [-0.1, -0.05) is 5.16 Å². The van der Waals surface area contributed by atoms with Crippen LogP contribution in [-0.4, -0.2) is 34.4 Å². The van der Waals surface area contributed by atoms with E-state index in [2.05, 4.69) is 14.5 Å². The number of anilines is 1. The lowest BCUT2D eigenvalue weighted by Crippen LogP contribution is -2.05. The maximum Gasteiger partial charge on any atom is 0.262 e. The number of hydrogen-bond donors (Lipinski definition) is 1. The van der Waals surface area contributed by atoms with Crippen LogP contribution in [0.25, 0.3) is 11.5 Å². The predicted molar refractivity (Wildman–Crippen MR) is 70.6 cm³/mol. The lowest BCUT2D eigenvalue weighted by atomic mass is 10.1. The lowest BCUT2D eigenvalue weighted by molar-refractivity contribution is 0.418. The van der Waals surface area contributed by atoms with Gasteiger partial charge in [0.05, 0.1) is 22.8 Å². The van der Waals surface area contributed by atoms with Crippen LogP contribution in [0.15, 0.2) is 4.52 Å². The molecular formula is C10H12N4O3S2. The molecule has 1 aliphatic heterocycles. The first-order valence-electron chi connectivity index (χ1n) is 5.72. The summed E-state index contributed by atoms with van der Waals surface area (Å²) in [6.45, 7) is 1.81. The highest BCUT2D eigenvalue weighted by molar-refractivity contribution is 7.91. The number of nitrogen functional groups attached to an aromatic ring is 1. The van der Waals surface area contributed by atoms with E-state index in [-0.39, 0.29) is 17.4 Å². The molecule has 102 valence electrons. The Bertz CT molecular complexity index is 699. The molecule has 3 rings (SSSR count).